The zero-order valence-corrected chi connectivity index (χ0v) is 14.6. The lowest BCUT2D eigenvalue weighted by atomic mass is 10.1. The number of fused-ring (bicyclic) bond motifs is 1. The zero-order valence-electron chi connectivity index (χ0n) is 13.0. The maximum atomic E-state index is 11.7. The van der Waals surface area contributed by atoms with Crippen LogP contribution in [-0.2, 0) is 10.0 Å². The van der Waals surface area contributed by atoms with Crippen LogP contribution < -0.4 is 9.62 Å². The highest BCUT2D eigenvalue weighted by Gasteiger charge is 2.23. The van der Waals surface area contributed by atoms with Gasteiger partial charge in [-0.3, -0.25) is 0 Å². The van der Waals surface area contributed by atoms with Gasteiger partial charge in [-0.1, -0.05) is 35.9 Å². The molecule has 1 aromatic heterocycles. The lowest BCUT2D eigenvalue weighted by Gasteiger charge is -2.33. The van der Waals surface area contributed by atoms with E-state index in [9.17, 15) is 8.42 Å². The summed E-state index contributed by atoms with van der Waals surface area (Å²) in [7, 11) is -3.14. The standard InChI is InChI=1S/C16H20ClN3O2S/c1-2-23(21,22)19-13-7-9-20(10-8-13)15-11-12-5-3-4-6-14(12)16(17)18-15/h3-6,11,13,19H,2,7-10H2,1H3. The minimum Gasteiger partial charge on any atom is -0.356 e. The minimum absolute atomic E-state index is 0.00660. The van der Waals surface area contributed by atoms with Crippen molar-refractivity contribution >= 4 is 38.2 Å². The van der Waals surface area contributed by atoms with Gasteiger partial charge in [0.15, 0.2) is 0 Å². The van der Waals surface area contributed by atoms with Crippen molar-refractivity contribution in [2.45, 2.75) is 25.8 Å². The molecule has 0 radical (unpaired) electrons. The van der Waals surface area contributed by atoms with E-state index in [1.54, 1.807) is 6.92 Å². The Morgan fingerprint density at radius 1 is 1.30 bits per heavy atom. The van der Waals surface area contributed by atoms with E-state index in [2.05, 4.69) is 14.6 Å². The molecular formula is C16H20ClN3O2S. The van der Waals surface area contributed by atoms with Crippen LogP contribution >= 0.6 is 11.6 Å². The van der Waals surface area contributed by atoms with Crippen molar-refractivity contribution in [3.63, 3.8) is 0 Å². The van der Waals surface area contributed by atoms with Crippen LogP contribution in [-0.4, -0.2) is 38.3 Å². The van der Waals surface area contributed by atoms with Crippen LogP contribution in [0.15, 0.2) is 30.3 Å². The molecule has 0 atom stereocenters. The summed E-state index contributed by atoms with van der Waals surface area (Å²) in [6.07, 6.45) is 1.54. The molecule has 0 bridgehead atoms. The van der Waals surface area contributed by atoms with Crippen LogP contribution in [0, 0.1) is 0 Å². The van der Waals surface area contributed by atoms with Crippen molar-refractivity contribution in [3.05, 3.63) is 35.5 Å². The van der Waals surface area contributed by atoms with Gasteiger partial charge < -0.3 is 4.90 Å². The Labute approximate surface area is 141 Å². The number of halogens is 1. The van der Waals surface area contributed by atoms with Crippen molar-refractivity contribution in [1.29, 1.82) is 0 Å². The number of piperidine rings is 1. The Morgan fingerprint density at radius 3 is 2.70 bits per heavy atom. The van der Waals surface area contributed by atoms with E-state index in [1.807, 2.05) is 30.3 Å². The summed E-state index contributed by atoms with van der Waals surface area (Å²) in [6.45, 7) is 3.18. The SMILES string of the molecule is CCS(=O)(=O)NC1CCN(c2cc3ccccc3c(Cl)n2)CC1. The molecule has 0 unspecified atom stereocenters. The van der Waals surface area contributed by atoms with Gasteiger partial charge in [-0.05, 0) is 31.2 Å². The third-order valence-corrected chi connectivity index (χ3v) is 5.97. The summed E-state index contributed by atoms with van der Waals surface area (Å²) in [5.74, 6) is 0.972. The third kappa shape index (κ3) is 3.76. The molecule has 124 valence electrons. The second-order valence-electron chi connectivity index (χ2n) is 5.77. The van der Waals surface area contributed by atoms with E-state index in [0.29, 0.717) is 5.15 Å². The van der Waals surface area contributed by atoms with Gasteiger partial charge in [0.1, 0.15) is 11.0 Å². The van der Waals surface area contributed by atoms with Crippen molar-refractivity contribution in [2.75, 3.05) is 23.7 Å². The lowest BCUT2D eigenvalue weighted by molar-refractivity contribution is 0.459. The number of aromatic nitrogens is 1. The van der Waals surface area contributed by atoms with E-state index >= 15 is 0 Å². The average molecular weight is 354 g/mol. The molecule has 2 aromatic rings. The maximum Gasteiger partial charge on any atom is 0.211 e. The van der Waals surface area contributed by atoms with Gasteiger partial charge in [0.05, 0.1) is 5.75 Å². The maximum absolute atomic E-state index is 11.7. The first-order valence-electron chi connectivity index (χ1n) is 7.79. The summed E-state index contributed by atoms with van der Waals surface area (Å²) in [6, 6.07) is 9.95. The second-order valence-corrected chi connectivity index (χ2v) is 8.18. The predicted molar refractivity (Wildman–Crippen MR) is 94.6 cm³/mol. The number of sulfonamides is 1. The van der Waals surface area contributed by atoms with E-state index < -0.39 is 10.0 Å². The molecule has 1 aliphatic heterocycles. The van der Waals surface area contributed by atoms with Gasteiger partial charge in [-0.25, -0.2) is 18.1 Å². The number of nitrogens with zero attached hydrogens (tertiary/aromatic N) is 2. The Morgan fingerprint density at radius 2 is 2.00 bits per heavy atom. The molecule has 0 saturated carbocycles. The number of nitrogens with one attached hydrogen (secondary N) is 1. The number of pyridine rings is 1. The molecule has 5 nitrogen and oxygen atoms in total. The molecular weight excluding hydrogens is 334 g/mol. The van der Waals surface area contributed by atoms with Crippen molar-refractivity contribution in [3.8, 4) is 0 Å². The number of anilines is 1. The molecule has 2 heterocycles. The number of hydrogen-bond donors (Lipinski definition) is 1. The summed E-state index contributed by atoms with van der Waals surface area (Å²) in [4.78, 5) is 6.66. The Kier molecular flexibility index (Phi) is 4.75. The molecule has 3 rings (SSSR count). The van der Waals surface area contributed by atoms with Gasteiger partial charge in [-0.15, -0.1) is 0 Å². The average Bonchev–Trinajstić information content (AvgIpc) is 2.55. The number of hydrogen-bond acceptors (Lipinski definition) is 4. The molecule has 0 aliphatic carbocycles. The normalized spacial score (nSPS) is 16.9. The zero-order chi connectivity index (χ0) is 16.4. The van der Waals surface area contributed by atoms with E-state index in [0.717, 1.165) is 42.5 Å². The van der Waals surface area contributed by atoms with Crippen molar-refractivity contribution in [2.24, 2.45) is 0 Å². The summed E-state index contributed by atoms with van der Waals surface area (Å²) in [5, 5.41) is 2.52. The van der Waals surface area contributed by atoms with Crippen LogP contribution in [0.2, 0.25) is 5.15 Å². The summed E-state index contributed by atoms with van der Waals surface area (Å²) in [5.41, 5.74) is 0. The molecule has 0 spiro atoms. The fraction of sp³-hybridized carbons (Fsp3) is 0.438. The van der Waals surface area contributed by atoms with Gasteiger partial charge in [0, 0.05) is 24.5 Å². The Balaban J connectivity index is 1.73. The molecule has 1 saturated heterocycles. The molecule has 23 heavy (non-hydrogen) atoms. The predicted octanol–water partition coefficient (Wildman–Crippen LogP) is 2.80. The van der Waals surface area contributed by atoms with Crippen LogP contribution in [0.5, 0.6) is 0 Å². The van der Waals surface area contributed by atoms with Gasteiger partial charge in [0.25, 0.3) is 0 Å². The third-order valence-electron chi connectivity index (χ3n) is 4.23. The monoisotopic (exact) mass is 353 g/mol. The highest BCUT2D eigenvalue weighted by Crippen LogP contribution is 2.27. The fourth-order valence-electron chi connectivity index (χ4n) is 2.87. The molecule has 1 N–H and O–H groups in total. The van der Waals surface area contributed by atoms with Crippen LogP contribution in [0.1, 0.15) is 19.8 Å². The second kappa shape index (κ2) is 6.63. The molecule has 7 heteroatoms. The minimum atomic E-state index is -3.14. The van der Waals surface area contributed by atoms with Crippen LogP contribution in [0.25, 0.3) is 10.8 Å². The Hall–Kier alpha value is -1.37. The van der Waals surface area contributed by atoms with Gasteiger partial charge >= 0.3 is 0 Å². The molecule has 1 aromatic carbocycles. The number of benzene rings is 1. The smallest absolute Gasteiger partial charge is 0.211 e. The molecule has 1 aliphatic rings. The van der Waals surface area contributed by atoms with Gasteiger partial charge in [-0.2, -0.15) is 0 Å². The van der Waals surface area contributed by atoms with Crippen molar-refractivity contribution < 1.29 is 8.42 Å². The number of rotatable bonds is 4. The van der Waals surface area contributed by atoms with E-state index in [-0.39, 0.29) is 11.8 Å². The Bertz CT molecular complexity index is 802. The summed E-state index contributed by atoms with van der Waals surface area (Å²) >= 11 is 6.29. The lowest BCUT2D eigenvalue weighted by Crippen LogP contribution is -2.45. The van der Waals surface area contributed by atoms with E-state index in [4.69, 9.17) is 11.6 Å². The van der Waals surface area contributed by atoms with Crippen LogP contribution in [0.3, 0.4) is 0 Å². The first kappa shape index (κ1) is 16.5. The highest BCUT2D eigenvalue weighted by molar-refractivity contribution is 7.89. The highest BCUT2D eigenvalue weighted by atomic mass is 35.5. The van der Waals surface area contributed by atoms with Gasteiger partial charge in [0.2, 0.25) is 10.0 Å². The topological polar surface area (TPSA) is 62.3 Å². The van der Waals surface area contributed by atoms with Crippen molar-refractivity contribution in [1.82, 2.24) is 9.71 Å². The first-order valence-corrected chi connectivity index (χ1v) is 9.82. The molecule has 0 amide bonds. The van der Waals surface area contributed by atoms with Crippen LogP contribution in [0.4, 0.5) is 5.82 Å². The first-order chi connectivity index (χ1) is 11.0. The summed E-state index contributed by atoms with van der Waals surface area (Å²) < 4.78 is 26.1. The largest absolute Gasteiger partial charge is 0.356 e. The quantitative estimate of drug-likeness (QED) is 0.858. The van der Waals surface area contributed by atoms with E-state index in [1.165, 1.54) is 0 Å². The fourth-order valence-corrected chi connectivity index (χ4v) is 4.04. The molecule has 1 fully saturated rings.